The highest BCUT2D eigenvalue weighted by molar-refractivity contribution is 4.69. The standard InChI is InChI=1S/C18H37.C6H11/c1-3-5-7-9-11-13-15-17-18-16-14-12-10-8-6-4-2;1-2-4-6-5-3-1/h1,3-18H2,2H3;1H,2-6H2. The van der Waals surface area contributed by atoms with E-state index in [1.165, 1.54) is 128 Å². The number of rotatable bonds is 15. The predicted molar refractivity (Wildman–Crippen MR) is 112 cm³/mol. The lowest BCUT2D eigenvalue weighted by molar-refractivity contribution is 0.533. The van der Waals surface area contributed by atoms with Crippen molar-refractivity contribution < 1.29 is 0 Å². The van der Waals surface area contributed by atoms with E-state index in [2.05, 4.69) is 20.3 Å². The first-order valence-corrected chi connectivity index (χ1v) is 11.5. The highest BCUT2D eigenvalue weighted by Crippen LogP contribution is 2.14. The molecule has 0 unspecified atom stereocenters. The molecular formula is C24H48. The minimum absolute atomic E-state index is 1.12. The van der Waals surface area contributed by atoms with Gasteiger partial charge in [0.2, 0.25) is 0 Å². The lowest BCUT2D eigenvalue weighted by Crippen LogP contribution is -1.87. The smallest absolute Gasteiger partial charge is 0.0386 e. The van der Waals surface area contributed by atoms with E-state index in [0.29, 0.717) is 0 Å². The zero-order valence-corrected chi connectivity index (χ0v) is 17.1. The molecule has 1 rings (SSSR count). The Labute approximate surface area is 155 Å². The van der Waals surface area contributed by atoms with E-state index < -0.39 is 0 Å². The molecule has 144 valence electrons. The molecule has 0 bridgehead atoms. The molecule has 1 fully saturated rings. The quantitative estimate of drug-likeness (QED) is 0.261. The second-order valence-corrected chi connectivity index (χ2v) is 7.73. The molecule has 0 aromatic carbocycles. The van der Waals surface area contributed by atoms with Crippen LogP contribution in [-0.2, 0) is 0 Å². The van der Waals surface area contributed by atoms with Crippen LogP contribution in [0.5, 0.6) is 0 Å². The first-order chi connectivity index (χ1) is 11.9. The molecule has 0 heteroatoms. The van der Waals surface area contributed by atoms with Gasteiger partial charge in [-0.25, -0.2) is 0 Å². The Morgan fingerprint density at radius 2 is 0.917 bits per heavy atom. The van der Waals surface area contributed by atoms with Crippen molar-refractivity contribution in [2.45, 2.75) is 142 Å². The highest BCUT2D eigenvalue weighted by Gasteiger charge is 1.96. The van der Waals surface area contributed by atoms with Gasteiger partial charge in [0.25, 0.3) is 0 Å². The molecule has 0 saturated heterocycles. The molecule has 1 aliphatic rings. The van der Waals surface area contributed by atoms with Crippen molar-refractivity contribution in [2.75, 3.05) is 0 Å². The number of unbranched alkanes of at least 4 members (excludes halogenated alkanes) is 15. The van der Waals surface area contributed by atoms with Gasteiger partial charge in [-0.1, -0.05) is 149 Å². The lowest BCUT2D eigenvalue weighted by atomic mass is 10.0. The van der Waals surface area contributed by atoms with Crippen LogP contribution in [0.4, 0.5) is 0 Å². The van der Waals surface area contributed by atoms with Crippen molar-refractivity contribution in [3.63, 3.8) is 0 Å². The Hall–Kier alpha value is 0. The van der Waals surface area contributed by atoms with E-state index in [9.17, 15) is 0 Å². The van der Waals surface area contributed by atoms with E-state index in [-0.39, 0.29) is 0 Å². The molecule has 1 aliphatic carbocycles. The van der Waals surface area contributed by atoms with Crippen LogP contribution in [0.25, 0.3) is 0 Å². The minimum atomic E-state index is 1.12. The lowest BCUT2D eigenvalue weighted by Gasteiger charge is -2.05. The molecule has 0 N–H and O–H groups in total. The van der Waals surface area contributed by atoms with Crippen molar-refractivity contribution >= 4 is 0 Å². The van der Waals surface area contributed by atoms with E-state index in [1.54, 1.807) is 0 Å². The molecular weight excluding hydrogens is 288 g/mol. The van der Waals surface area contributed by atoms with Gasteiger partial charge in [-0.2, -0.15) is 0 Å². The summed E-state index contributed by atoms with van der Waals surface area (Å²) < 4.78 is 0. The summed E-state index contributed by atoms with van der Waals surface area (Å²) in [6, 6.07) is 0. The maximum absolute atomic E-state index is 3.88. The second-order valence-electron chi connectivity index (χ2n) is 7.73. The Kier molecular flexibility index (Phi) is 23.0. The van der Waals surface area contributed by atoms with Crippen LogP contribution in [-0.4, -0.2) is 0 Å². The fourth-order valence-electron chi connectivity index (χ4n) is 3.45. The summed E-state index contributed by atoms with van der Waals surface area (Å²) in [7, 11) is 0. The van der Waals surface area contributed by atoms with E-state index in [0.717, 1.165) is 6.42 Å². The van der Waals surface area contributed by atoms with E-state index in [1.807, 2.05) is 0 Å². The zero-order chi connectivity index (χ0) is 17.6. The average Bonchev–Trinajstić information content (AvgIpc) is 2.64. The van der Waals surface area contributed by atoms with Gasteiger partial charge >= 0.3 is 0 Å². The third-order valence-corrected chi connectivity index (χ3v) is 5.17. The van der Waals surface area contributed by atoms with E-state index in [4.69, 9.17) is 0 Å². The van der Waals surface area contributed by atoms with Crippen LogP contribution >= 0.6 is 0 Å². The summed E-state index contributed by atoms with van der Waals surface area (Å²) in [4.78, 5) is 0. The van der Waals surface area contributed by atoms with E-state index >= 15 is 0 Å². The third-order valence-electron chi connectivity index (χ3n) is 5.17. The van der Waals surface area contributed by atoms with Crippen molar-refractivity contribution in [3.8, 4) is 0 Å². The molecule has 24 heavy (non-hydrogen) atoms. The summed E-state index contributed by atoms with van der Waals surface area (Å²) in [5, 5.41) is 0. The van der Waals surface area contributed by atoms with Gasteiger partial charge in [0, 0.05) is 0 Å². The maximum atomic E-state index is 3.88. The monoisotopic (exact) mass is 336 g/mol. The van der Waals surface area contributed by atoms with Gasteiger partial charge in [-0.3, -0.25) is 0 Å². The molecule has 1 saturated carbocycles. The molecule has 0 amide bonds. The molecule has 0 aromatic rings. The van der Waals surface area contributed by atoms with Gasteiger partial charge < -0.3 is 0 Å². The highest BCUT2D eigenvalue weighted by atomic mass is 14.0. The molecule has 2 radical (unpaired) electrons. The normalized spacial score (nSPS) is 14.2. The van der Waals surface area contributed by atoms with Crippen LogP contribution in [0.2, 0.25) is 0 Å². The molecule has 0 spiro atoms. The first kappa shape index (κ1) is 24.0. The van der Waals surface area contributed by atoms with Gasteiger partial charge in [-0.15, -0.1) is 0 Å². The Balaban J connectivity index is 0.000000728. The van der Waals surface area contributed by atoms with Crippen LogP contribution in [0.3, 0.4) is 0 Å². The summed E-state index contributed by atoms with van der Waals surface area (Å²) in [6.07, 6.45) is 32.3. The largest absolute Gasteiger partial charge is 0.0654 e. The van der Waals surface area contributed by atoms with Crippen molar-refractivity contribution in [3.05, 3.63) is 13.3 Å². The second kappa shape index (κ2) is 23.0. The molecule has 0 aromatic heterocycles. The summed E-state index contributed by atoms with van der Waals surface area (Å²) in [6.45, 7) is 6.18. The SMILES string of the molecule is [CH2]CCCCCCCCCCCCCCCCC.[CH]1CCCCC1. The van der Waals surface area contributed by atoms with Gasteiger partial charge in [0.05, 0.1) is 0 Å². The van der Waals surface area contributed by atoms with Gasteiger partial charge in [0.15, 0.2) is 0 Å². The number of hydrogen-bond donors (Lipinski definition) is 0. The summed E-state index contributed by atoms with van der Waals surface area (Å²) in [5.74, 6) is 0. The maximum Gasteiger partial charge on any atom is -0.0386 e. The van der Waals surface area contributed by atoms with Crippen molar-refractivity contribution in [1.82, 2.24) is 0 Å². The van der Waals surface area contributed by atoms with Gasteiger partial charge in [0.1, 0.15) is 0 Å². The van der Waals surface area contributed by atoms with Crippen molar-refractivity contribution in [1.29, 1.82) is 0 Å². The molecule has 0 heterocycles. The fraction of sp³-hybridized carbons (Fsp3) is 0.917. The van der Waals surface area contributed by atoms with Gasteiger partial charge in [-0.05, 0) is 6.42 Å². The Morgan fingerprint density at radius 1 is 0.542 bits per heavy atom. The zero-order valence-electron chi connectivity index (χ0n) is 17.1. The molecule has 0 aliphatic heterocycles. The number of hydrogen-bond acceptors (Lipinski definition) is 0. The third kappa shape index (κ3) is 22.0. The van der Waals surface area contributed by atoms with Crippen LogP contribution < -0.4 is 0 Å². The van der Waals surface area contributed by atoms with Crippen LogP contribution in [0.15, 0.2) is 0 Å². The fourth-order valence-corrected chi connectivity index (χ4v) is 3.45. The molecule has 0 nitrogen and oxygen atoms in total. The summed E-state index contributed by atoms with van der Waals surface area (Å²) >= 11 is 0. The average molecular weight is 337 g/mol. The van der Waals surface area contributed by atoms with Crippen LogP contribution in [0, 0.1) is 13.3 Å². The molecule has 0 atom stereocenters. The summed E-state index contributed by atoms with van der Waals surface area (Å²) in [5.41, 5.74) is 0. The predicted octanol–water partition coefficient (Wildman–Crippen LogP) is 9.24. The Morgan fingerprint density at radius 3 is 1.17 bits per heavy atom. The minimum Gasteiger partial charge on any atom is -0.0654 e. The Bertz CT molecular complexity index is 165. The van der Waals surface area contributed by atoms with Crippen LogP contribution in [0.1, 0.15) is 142 Å². The topological polar surface area (TPSA) is 0 Å². The van der Waals surface area contributed by atoms with Crippen molar-refractivity contribution in [2.24, 2.45) is 0 Å². The first-order valence-electron chi connectivity index (χ1n) is 11.5.